The molecule has 4 nitrogen and oxygen atoms in total. The summed E-state index contributed by atoms with van der Waals surface area (Å²) in [4.78, 5) is 11.5. The molecule has 0 fully saturated rings. The second kappa shape index (κ2) is 7.48. The molecule has 2 rings (SSSR count). The quantitative estimate of drug-likeness (QED) is 0.866. The number of amides is 1. The van der Waals surface area contributed by atoms with Gasteiger partial charge >= 0.3 is 0 Å². The molecule has 0 aromatic heterocycles. The number of carbonyl (C=O) groups excluding carboxylic acids is 1. The molecule has 0 radical (unpaired) electrons. The predicted molar refractivity (Wildman–Crippen MR) is 86.2 cm³/mol. The van der Waals surface area contributed by atoms with Crippen LogP contribution in [-0.4, -0.2) is 5.91 Å². The molecule has 0 aliphatic carbocycles. The van der Waals surface area contributed by atoms with Crippen molar-refractivity contribution in [2.75, 3.05) is 5.32 Å². The van der Waals surface area contributed by atoms with E-state index in [1.807, 2.05) is 13.0 Å². The summed E-state index contributed by atoms with van der Waals surface area (Å²) >= 11 is 6.17. The summed E-state index contributed by atoms with van der Waals surface area (Å²) in [6, 6.07) is 13.9. The Morgan fingerprint density at radius 3 is 2.59 bits per heavy atom. The number of anilines is 1. The highest BCUT2D eigenvalue weighted by Crippen LogP contribution is 2.31. The van der Waals surface area contributed by atoms with Crippen LogP contribution in [0.4, 0.5) is 5.69 Å². The Balaban J connectivity index is 2.09. The first kappa shape index (κ1) is 15.9. The van der Waals surface area contributed by atoms with Crippen molar-refractivity contribution in [2.24, 2.45) is 0 Å². The first-order valence-electron chi connectivity index (χ1n) is 6.90. The van der Waals surface area contributed by atoms with Gasteiger partial charge < -0.3 is 10.1 Å². The van der Waals surface area contributed by atoms with Crippen molar-refractivity contribution >= 4 is 23.2 Å². The van der Waals surface area contributed by atoms with Crippen LogP contribution in [0.15, 0.2) is 42.5 Å². The van der Waals surface area contributed by atoms with Gasteiger partial charge in [-0.05, 0) is 48.9 Å². The second-order valence-corrected chi connectivity index (χ2v) is 5.09. The molecule has 0 heterocycles. The van der Waals surface area contributed by atoms with Crippen molar-refractivity contribution in [3.63, 3.8) is 0 Å². The lowest BCUT2D eigenvalue weighted by Gasteiger charge is -2.10. The average Bonchev–Trinajstić information content (AvgIpc) is 2.51. The number of nitriles is 1. The van der Waals surface area contributed by atoms with Gasteiger partial charge in [-0.15, -0.1) is 0 Å². The third-order valence-electron chi connectivity index (χ3n) is 2.90. The zero-order valence-corrected chi connectivity index (χ0v) is 12.9. The third-order valence-corrected chi connectivity index (χ3v) is 3.20. The van der Waals surface area contributed by atoms with Gasteiger partial charge in [-0.2, -0.15) is 5.26 Å². The summed E-state index contributed by atoms with van der Waals surface area (Å²) in [6.45, 7) is 1.95. The Bertz CT molecular complexity index is 706. The van der Waals surface area contributed by atoms with Gasteiger partial charge in [0.1, 0.15) is 11.5 Å². The molecule has 5 heteroatoms. The van der Waals surface area contributed by atoms with E-state index in [9.17, 15) is 4.79 Å². The first-order valence-corrected chi connectivity index (χ1v) is 7.27. The number of nitrogens with one attached hydrogen (secondary N) is 1. The zero-order valence-electron chi connectivity index (χ0n) is 12.1. The van der Waals surface area contributed by atoms with Crippen molar-refractivity contribution in [3.05, 3.63) is 53.1 Å². The minimum Gasteiger partial charge on any atom is -0.456 e. The van der Waals surface area contributed by atoms with Crippen molar-refractivity contribution in [3.8, 4) is 17.6 Å². The Hall–Kier alpha value is -2.51. The Labute approximate surface area is 134 Å². The molecule has 0 aliphatic rings. The number of hydrogen-bond acceptors (Lipinski definition) is 3. The maximum absolute atomic E-state index is 11.5. The van der Waals surface area contributed by atoms with Gasteiger partial charge in [-0.1, -0.05) is 18.5 Å². The molecule has 2 aromatic carbocycles. The highest BCUT2D eigenvalue weighted by molar-refractivity contribution is 6.32. The standard InChI is InChI=1S/C17H15ClN2O2/c1-2-3-17(21)20-13-6-9-16(15(18)10-13)22-14-7-4-12(11-19)5-8-14/h4-10H,2-3H2,1H3,(H,20,21). The van der Waals surface area contributed by atoms with Crippen LogP contribution < -0.4 is 10.1 Å². The lowest BCUT2D eigenvalue weighted by atomic mass is 10.2. The van der Waals surface area contributed by atoms with Gasteiger partial charge in [-0.3, -0.25) is 4.79 Å². The van der Waals surface area contributed by atoms with Gasteiger partial charge in [0.15, 0.2) is 0 Å². The molecular formula is C17H15ClN2O2. The fourth-order valence-corrected chi connectivity index (χ4v) is 2.06. The van der Waals surface area contributed by atoms with Gasteiger partial charge in [0.2, 0.25) is 5.91 Å². The predicted octanol–water partition coefficient (Wildman–Crippen LogP) is 4.74. The number of carbonyl (C=O) groups is 1. The normalized spacial score (nSPS) is 9.86. The van der Waals surface area contributed by atoms with Crippen LogP contribution in [0.25, 0.3) is 0 Å². The van der Waals surface area contributed by atoms with E-state index in [-0.39, 0.29) is 5.91 Å². The number of benzene rings is 2. The summed E-state index contributed by atoms with van der Waals surface area (Å²) in [6.07, 6.45) is 1.26. The molecule has 22 heavy (non-hydrogen) atoms. The van der Waals surface area contributed by atoms with Crippen molar-refractivity contribution in [1.82, 2.24) is 0 Å². The fraction of sp³-hybridized carbons (Fsp3) is 0.176. The number of rotatable bonds is 5. The van der Waals surface area contributed by atoms with Crippen LogP contribution in [0.1, 0.15) is 25.3 Å². The molecule has 0 saturated carbocycles. The zero-order chi connectivity index (χ0) is 15.9. The monoisotopic (exact) mass is 314 g/mol. The van der Waals surface area contributed by atoms with E-state index in [1.165, 1.54) is 0 Å². The molecule has 1 N–H and O–H groups in total. The number of ether oxygens (including phenoxy) is 1. The highest BCUT2D eigenvalue weighted by Gasteiger charge is 2.07. The molecule has 0 aliphatic heterocycles. The lowest BCUT2D eigenvalue weighted by Crippen LogP contribution is -2.10. The topological polar surface area (TPSA) is 62.1 Å². The Kier molecular flexibility index (Phi) is 5.40. The van der Waals surface area contributed by atoms with Crippen LogP contribution >= 0.6 is 11.6 Å². The van der Waals surface area contributed by atoms with E-state index in [1.54, 1.807) is 42.5 Å². The number of nitrogens with zero attached hydrogens (tertiary/aromatic N) is 1. The highest BCUT2D eigenvalue weighted by atomic mass is 35.5. The Morgan fingerprint density at radius 2 is 2.00 bits per heavy atom. The van der Waals surface area contributed by atoms with E-state index in [4.69, 9.17) is 21.6 Å². The molecule has 1 amide bonds. The maximum Gasteiger partial charge on any atom is 0.224 e. The Morgan fingerprint density at radius 1 is 1.27 bits per heavy atom. The van der Waals surface area contributed by atoms with Gasteiger partial charge in [-0.25, -0.2) is 0 Å². The van der Waals surface area contributed by atoms with E-state index >= 15 is 0 Å². The van der Waals surface area contributed by atoms with Crippen LogP contribution in [0.3, 0.4) is 0 Å². The average molecular weight is 315 g/mol. The number of halogens is 1. The van der Waals surface area contributed by atoms with E-state index in [0.29, 0.717) is 34.2 Å². The second-order valence-electron chi connectivity index (χ2n) is 4.68. The van der Waals surface area contributed by atoms with Gasteiger partial charge in [0.25, 0.3) is 0 Å². The molecule has 0 spiro atoms. The number of hydrogen-bond donors (Lipinski definition) is 1. The van der Waals surface area contributed by atoms with E-state index in [0.717, 1.165) is 6.42 Å². The summed E-state index contributed by atoms with van der Waals surface area (Å²) in [5, 5.41) is 11.9. The molecule has 0 saturated heterocycles. The minimum atomic E-state index is -0.0423. The minimum absolute atomic E-state index is 0.0423. The molecule has 0 unspecified atom stereocenters. The lowest BCUT2D eigenvalue weighted by molar-refractivity contribution is -0.116. The molecule has 2 aromatic rings. The van der Waals surface area contributed by atoms with Crippen molar-refractivity contribution in [2.45, 2.75) is 19.8 Å². The molecule has 0 bridgehead atoms. The van der Waals surface area contributed by atoms with Crippen LogP contribution in [0.2, 0.25) is 5.02 Å². The third kappa shape index (κ3) is 4.24. The molecular weight excluding hydrogens is 300 g/mol. The first-order chi connectivity index (χ1) is 10.6. The smallest absolute Gasteiger partial charge is 0.224 e. The molecule has 112 valence electrons. The van der Waals surface area contributed by atoms with E-state index in [2.05, 4.69) is 5.32 Å². The molecule has 0 atom stereocenters. The summed E-state index contributed by atoms with van der Waals surface area (Å²) in [5.74, 6) is 1.03. The van der Waals surface area contributed by atoms with Crippen LogP contribution in [0.5, 0.6) is 11.5 Å². The van der Waals surface area contributed by atoms with Crippen LogP contribution in [0, 0.1) is 11.3 Å². The largest absolute Gasteiger partial charge is 0.456 e. The summed E-state index contributed by atoms with van der Waals surface area (Å²) in [7, 11) is 0. The van der Waals surface area contributed by atoms with Crippen LogP contribution in [-0.2, 0) is 4.79 Å². The maximum atomic E-state index is 11.5. The fourth-order valence-electron chi connectivity index (χ4n) is 1.84. The summed E-state index contributed by atoms with van der Waals surface area (Å²) in [5.41, 5.74) is 1.20. The SMILES string of the molecule is CCCC(=O)Nc1ccc(Oc2ccc(C#N)cc2)c(Cl)c1. The van der Waals surface area contributed by atoms with Crippen molar-refractivity contribution < 1.29 is 9.53 Å². The van der Waals surface area contributed by atoms with E-state index < -0.39 is 0 Å². The summed E-state index contributed by atoms with van der Waals surface area (Å²) < 4.78 is 5.66. The van der Waals surface area contributed by atoms with Gasteiger partial charge in [0, 0.05) is 12.1 Å². The van der Waals surface area contributed by atoms with Gasteiger partial charge in [0.05, 0.1) is 16.7 Å². The van der Waals surface area contributed by atoms with Crippen molar-refractivity contribution in [1.29, 1.82) is 5.26 Å².